The Balaban J connectivity index is 1.53. The van der Waals surface area contributed by atoms with E-state index >= 15 is 0 Å². The topological polar surface area (TPSA) is 55.7 Å². The van der Waals surface area contributed by atoms with E-state index < -0.39 is 0 Å². The molecule has 3 heterocycles. The molecule has 1 fully saturated rings. The van der Waals surface area contributed by atoms with Gasteiger partial charge < -0.3 is 9.72 Å². The van der Waals surface area contributed by atoms with Crippen molar-refractivity contribution in [2.45, 2.75) is 42.8 Å². The molecule has 0 amide bonds. The third-order valence-corrected chi connectivity index (χ3v) is 7.05. The SMILES string of the molecule is CC(Sc1nnc(-c2c[nH]c3ccccc23)n1CC1CCCO1)c1ccccc1Cl. The van der Waals surface area contributed by atoms with Crippen LogP contribution < -0.4 is 0 Å². The molecular weight excluding hydrogens is 416 g/mol. The first kappa shape index (κ1) is 19.7. The lowest BCUT2D eigenvalue weighted by Gasteiger charge is -2.17. The Kier molecular flexibility index (Phi) is 5.54. The highest BCUT2D eigenvalue weighted by molar-refractivity contribution is 7.99. The van der Waals surface area contributed by atoms with E-state index in [1.165, 1.54) is 0 Å². The van der Waals surface area contributed by atoms with Gasteiger partial charge in [0.25, 0.3) is 0 Å². The van der Waals surface area contributed by atoms with Crippen molar-refractivity contribution in [1.29, 1.82) is 0 Å². The highest BCUT2D eigenvalue weighted by Crippen LogP contribution is 2.39. The lowest BCUT2D eigenvalue weighted by atomic mass is 10.1. The van der Waals surface area contributed by atoms with Gasteiger partial charge >= 0.3 is 0 Å². The van der Waals surface area contributed by atoms with E-state index in [0.29, 0.717) is 0 Å². The summed E-state index contributed by atoms with van der Waals surface area (Å²) in [5.74, 6) is 0.872. The summed E-state index contributed by atoms with van der Waals surface area (Å²) < 4.78 is 8.15. The largest absolute Gasteiger partial charge is 0.376 e. The number of hydrogen-bond acceptors (Lipinski definition) is 4. The number of aromatic nitrogens is 4. The van der Waals surface area contributed by atoms with Crippen molar-refractivity contribution in [3.8, 4) is 11.4 Å². The number of nitrogens with one attached hydrogen (secondary N) is 1. The van der Waals surface area contributed by atoms with Gasteiger partial charge in [-0.3, -0.25) is 4.57 Å². The monoisotopic (exact) mass is 438 g/mol. The Morgan fingerprint density at radius 2 is 2.03 bits per heavy atom. The Morgan fingerprint density at radius 1 is 1.20 bits per heavy atom. The third-order valence-electron chi connectivity index (χ3n) is 5.58. The first-order valence-corrected chi connectivity index (χ1v) is 11.5. The van der Waals surface area contributed by atoms with Gasteiger partial charge in [0.15, 0.2) is 11.0 Å². The molecule has 30 heavy (non-hydrogen) atoms. The van der Waals surface area contributed by atoms with E-state index in [-0.39, 0.29) is 11.4 Å². The Morgan fingerprint density at radius 3 is 2.87 bits per heavy atom. The number of fused-ring (bicyclic) bond motifs is 1. The molecule has 0 spiro atoms. The van der Waals surface area contributed by atoms with Crippen LogP contribution in [-0.2, 0) is 11.3 Å². The smallest absolute Gasteiger partial charge is 0.192 e. The molecule has 0 bridgehead atoms. The van der Waals surface area contributed by atoms with Gasteiger partial charge in [-0.05, 0) is 37.5 Å². The summed E-state index contributed by atoms with van der Waals surface area (Å²) >= 11 is 8.12. The maximum Gasteiger partial charge on any atom is 0.192 e. The summed E-state index contributed by atoms with van der Waals surface area (Å²) in [4.78, 5) is 3.35. The van der Waals surface area contributed by atoms with Crippen LogP contribution >= 0.6 is 23.4 Å². The zero-order valence-corrected chi connectivity index (χ0v) is 18.3. The summed E-state index contributed by atoms with van der Waals surface area (Å²) in [5.41, 5.74) is 3.26. The van der Waals surface area contributed by atoms with Gasteiger partial charge in [-0.15, -0.1) is 10.2 Å². The van der Waals surface area contributed by atoms with Crippen LogP contribution in [-0.4, -0.2) is 32.5 Å². The second-order valence-corrected chi connectivity index (χ2v) is 9.30. The average Bonchev–Trinajstić information content (AvgIpc) is 3.50. The molecule has 1 saturated heterocycles. The molecule has 2 aromatic heterocycles. The highest BCUT2D eigenvalue weighted by atomic mass is 35.5. The number of para-hydroxylation sites is 1. The molecular formula is C23H23ClN4OS. The van der Waals surface area contributed by atoms with Crippen LogP contribution in [0.4, 0.5) is 0 Å². The number of thioether (sulfide) groups is 1. The molecule has 1 N–H and O–H groups in total. The minimum absolute atomic E-state index is 0.155. The van der Waals surface area contributed by atoms with Crippen molar-refractivity contribution in [3.05, 3.63) is 65.3 Å². The summed E-state index contributed by atoms with van der Waals surface area (Å²) in [5, 5.41) is 12.1. The van der Waals surface area contributed by atoms with Crippen LogP contribution in [0.3, 0.4) is 0 Å². The van der Waals surface area contributed by atoms with Crippen LogP contribution in [0.25, 0.3) is 22.3 Å². The Labute approximate surface area is 184 Å². The number of nitrogens with zero attached hydrogens (tertiary/aromatic N) is 3. The fraction of sp³-hybridized carbons (Fsp3) is 0.304. The number of hydrogen-bond donors (Lipinski definition) is 1. The quantitative estimate of drug-likeness (QED) is 0.369. The number of aromatic amines is 1. The van der Waals surface area contributed by atoms with Gasteiger partial charge in [0.05, 0.1) is 12.6 Å². The van der Waals surface area contributed by atoms with Crippen molar-refractivity contribution in [2.75, 3.05) is 6.61 Å². The molecule has 7 heteroatoms. The second-order valence-electron chi connectivity index (χ2n) is 7.58. The Hall–Kier alpha value is -2.28. The number of halogens is 1. The average molecular weight is 439 g/mol. The van der Waals surface area contributed by atoms with Gasteiger partial charge in [-0.1, -0.05) is 59.8 Å². The van der Waals surface area contributed by atoms with E-state index in [9.17, 15) is 0 Å². The van der Waals surface area contributed by atoms with E-state index in [1.54, 1.807) is 11.8 Å². The van der Waals surface area contributed by atoms with Gasteiger partial charge in [-0.25, -0.2) is 0 Å². The Bertz CT molecular complexity index is 1160. The van der Waals surface area contributed by atoms with Crippen LogP contribution in [0.15, 0.2) is 59.9 Å². The fourth-order valence-corrected chi connectivity index (χ4v) is 5.40. The number of H-pyrrole nitrogens is 1. The number of ether oxygens (including phenoxy) is 1. The van der Waals surface area contributed by atoms with E-state index in [2.05, 4.69) is 50.9 Å². The van der Waals surface area contributed by atoms with E-state index in [1.807, 2.05) is 30.5 Å². The van der Waals surface area contributed by atoms with Gasteiger partial charge in [0.1, 0.15) is 0 Å². The summed E-state index contributed by atoms with van der Waals surface area (Å²) in [6.07, 6.45) is 4.38. The lowest BCUT2D eigenvalue weighted by Crippen LogP contribution is -2.16. The first-order chi connectivity index (χ1) is 14.7. The van der Waals surface area contributed by atoms with Gasteiger partial charge in [0.2, 0.25) is 0 Å². The molecule has 2 unspecified atom stereocenters. The highest BCUT2D eigenvalue weighted by Gasteiger charge is 2.24. The zero-order chi connectivity index (χ0) is 20.5. The molecule has 5 nitrogen and oxygen atoms in total. The van der Waals surface area contributed by atoms with Crippen molar-refractivity contribution < 1.29 is 4.74 Å². The van der Waals surface area contributed by atoms with Crippen molar-refractivity contribution in [2.24, 2.45) is 0 Å². The standard InChI is InChI=1S/C23H23ClN4OS/c1-15(17-8-2-4-10-20(17)24)30-23-27-26-22(28(23)14-16-7-6-12-29-16)19-13-25-21-11-5-3-9-18(19)21/h2-5,8-11,13,15-16,25H,6-7,12,14H2,1H3. The van der Waals surface area contributed by atoms with Crippen molar-refractivity contribution in [3.63, 3.8) is 0 Å². The van der Waals surface area contributed by atoms with Gasteiger partial charge in [-0.2, -0.15) is 0 Å². The second kappa shape index (κ2) is 8.46. The molecule has 0 saturated carbocycles. The maximum atomic E-state index is 6.43. The molecule has 1 aliphatic rings. The van der Waals surface area contributed by atoms with Crippen molar-refractivity contribution in [1.82, 2.24) is 19.7 Å². The third kappa shape index (κ3) is 3.75. The van der Waals surface area contributed by atoms with Gasteiger partial charge in [0, 0.05) is 39.5 Å². The number of rotatable bonds is 6. The lowest BCUT2D eigenvalue weighted by molar-refractivity contribution is 0.0953. The minimum Gasteiger partial charge on any atom is -0.376 e. The van der Waals surface area contributed by atoms with E-state index in [4.69, 9.17) is 16.3 Å². The van der Waals surface area contributed by atoms with Crippen LogP contribution in [0.1, 0.15) is 30.6 Å². The van der Waals surface area contributed by atoms with E-state index in [0.717, 1.165) is 64.0 Å². The normalized spacial score (nSPS) is 17.6. The molecule has 2 aromatic carbocycles. The predicted molar refractivity (Wildman–Crippen MR) is 122 cm³/mol. The maximum absolute atomic E-state index is 6.43. The zero-order valence-electron chi connectivity index (χ0n) is 16.7. The molecule has 1 aliphatic heterocycles. The molecule has 5 rings (SSSR count). The summed E-state index contributed by atoms with van der Waals surface area (Å²) in [6.45, 7) is 3.73. The minimum atomic E-state index is 0.155. The molecule has 4 aromatic rings. The fourth-order valence-electron chi connectivity index (χ4n) is 4.01. The molecule has 154 valence electrons. The number of benzene rings is 2. The van der Waals surface area contributed by atoms with Crippen LogP contribution in [0.2, 0.25) is 5.02 Å². The predicted octanol–water partition coefficient (Wildman–Crippen LogP) is 6.11. The van der Waals surface area contributed by atoms with Crippen LogP contribution in [0.5, 0.6) is 0 Å². The molecule has 0 radical (unpaired) electrons. The summed E-state index contributed by atoms with van der Waals surface area (Å²) in [6, 6.07) is 16.3. The van der Waals surface area contributed by atoms with Crippen LogP contribution in [0, 0.1) is 0 Å². The molecule has 2 atom stereocenters. The molecule has 0 aliphatic carbocycles. The summed E-state index contributed by atoms with van der Waals surface area (Å²) in [7, 11) is 0. The first-order valence-electron chi connectivity index (χ1n) is 10.2. The van der Waals surface area contributed by atoms with Crippen molar-refractivity contribution >= 4 is 34.3 Å².